The molecule has 0 radical (unpaired) electrons. The van der Waals surface area contributed by atoms with Gasteiger partial charge in [0.1, 0.15) is 5.56 Å². The van der Waals surface area contributed by atoms with Gasteiger partial charge in [-0.3, -0.25) is 9.59 Å². The molecule has 1 saturated heterocycles. The number of anilines is 1. The second kappa shape index (κ2) is 10.1. The molecule has 1 aliphatic heterocycles. The molecule has 2 aromatic heterocycles. The summed E-state index contributed by atoms with van der Waals surface area (Å²) in [6, 6.07) is 1.69. The van der Waals surface area contributed by atoms with E-state index in [1.54, 1.807) is 0 Å². The van der Waals surface area contributed by atoms with Gasteiger partial charge in [0, 0.05) is 18.9 Å². The fourth-order valence-corrected chi connectivity index (χ4v) is 3.68. The van der Waals surface area contributed by atoms with Crippen molar-refractivity contribution in [2.24, 2.45) is 0 Å². The number of benzene rings is 1. The zero-order valence-corrected chi connectivity index (χ0v) is 18.9. The molecule has 1 amide bonds. The molecule has 35 heavy (non-hydrogen) atoms. The van der Waals surface area contributed by atoms with Gasteiger partial charge in [-0.1, -0.05) is 6.58 Å². The quantitative estimate of drug-likeness (QED) is 0.364. The van der Waals surface area contributed by atoms with Crippen molar-refractivity contribution in [3.8, 4) is 11.5 Å². The van der Waals surface area contributed by atoms with Crippen LogP contribution in [0.25, 0.3) is 11.1 Å². The molecule has 4 rings (SSSR count). The van der Waals surface area contributed by atoms with Crippen LogP contribution in [0, 0.1) is 11.6 Å². The largest absolute Gasteiger partial charge is 0.494 e. The number of fused-ring (bicyclic) bond motifs is 1. The van der Waals surface area contributed by atoms with Crippen molar-refractivity contribution in [3.05, 3.63) is 53.9 Å². The molecule has 10 nitrogen and oxygen atoms in total. The molecule has 1 aliphatic rings. The number of hydrogen-bond donors (Lipinski definition) is 2. The van der Waals surface area contributed by atoms with Crippen LogP contribution in [0.4, 0.5) is 14.7 Å². The Bertz CT molecular complexity index is 1270. The lowest BCUT2D eigenvalue weighted by molar-refractivity contribution is -0.117. The number of nitrogens with zero attached hydrogens (tertiary/aromatic N) is 2. The van der Waals surface area contributed by atoms with Crippen molar-refractivity contribution in [2.45, 2.75) is 18.5 Å². The molecule has 2 atom stereocenters. The Hall–Kier alpha value is -4.06. The Labute approximate surface area is 198 Å². The summed E-state index contributed by atoms with van der Waals surface area (Å²) in [7, 11) is 2.36. The molecule has 0 aliphatic carbocycles. The molecule has 12 heteroatoms. The standard InChI is InChI=1S/C23H22F2N4O6/c1-4-17(30)27-12-5-6-34-10-13(12)28-23-26-9-11-7-16(35-22(11)29-23)21(31)18-19(24)14(32-2)8-15(33-3)20(18)25/h4,7-9,12-13H,1,5-6,10H2,2-3H3,(H,27,30)(H,26,28,29). The number of nitrogens with one attached hydrogen (secondary N) is 2. The Balaban J connectivity index is 1.62. The van der Waals surface area contributed by atoms with Crippen LogP contribution in [0.15, 0.2) is 35.4 Å². The summed E-state index contributed by atoms with van der Waals surface area (Å²) in [6.07, 6.45) is 3.14. The van der Waals surface area contributed by atoms with Crippen LogP contribution in [-0.4, -0.2) is 61.2 Å². The van der Waals surface area contributed by atoms with Crippen molar-refractivity contribution in [1.82, 2.24) is 15.3 Å². The summed E-state index contributed by atoms with van der Waals surface area (Å²) in [5.41, 5.74) is -0.864. The number of carbonyl (C=O) groups excluding carboxylic acids is 2. The topological polar surface area (TPSA) is 125 Å². The molecule has 1 aromatic carbocycles. The van der Waals surface area contributed by atoms with Gasteiger partial charge >= 0.3 is 0 Å². The SMILES string of the molecule is C=CC(=O)NC1CCOCC1Nc1ncc2cc(C(=O)c3c(F)c(OC)cc(OC)c3F)oc2n1. The molecule has 1 fully saturated rings. The van der Waals surface area contributed by atoms with Gasteiger partial charge in [0.05, 0.1) is 38.3 Å². The van der Waals surface area contributed by atoms with E-state index in [1.165, 1.54) is 32.6 Å². The Morgan fingerprint density at radius 1 is 1.17 bits per heavy atom. The van der Waals surface area contributed by atoms with E-state index >= 15 is 0 Å². The summed E-state index contributed by atoms with van der Waals surface area (Å²) in [5.74, 6) is -4.66. The van der Waals surface area contributed by atoms with Gasteiger partial charge in [-0.2, -0.15) is 4.98 Å². The first kappa shape index (κ1) is 24.1. The van der Waals surface area contributed by atoms with Crippen LogP contribution in [-0.2, 0) is 9.53 Å². The van der Waals surface area contributed by atoms with Crippen molar-refractivity contribution in [2.75, 3.05) is 32.8 Å². The van der Waals surface area contributed by atoms with E-state index in [1.807, 2.05) is 0 Å². The molecule has 0 bridgehead atoms. The maximum atomic E-state index is 14.8. The van der Waals surface area contributed by atoms with Gasteiger partial charge in [0.25, 0.3) is 0 Å². The average molecular weight is 488 g/mol. The number of ether oxygens (including phenoxy) is 3. The molecular formula is C23H22F2N4O6. The summed E-state index contributed by atoms with van der Waals surface area (Å²) in [5, 5.41) is 6.24. The summed E-state index contributed by atoms with van der Waals surface area (Å²) < 4.78 is 50.2. The van der Waals surface area contributed by atoms with E-state index < -0.39 is 23.0 Å². The van der Waals surface area contributed by atoms with Gasteiger partial charge < -0.3 is 29.3 Å². The molecule has 2 unspecified atom stereocenters. The van der Waals surface area contributed by atoms with E-state index in [0.29, 0.717) is 25.0 Å². The third-order valence-corrected chi connectivity index (χ3v) is 5.48. The van der Waals surface area contributed by atoms with Gasteiger partial charge in [0.2, 0.25) is 23.4 Å². The monoisotopic (exact) mass is 488 g/mol. The van der Waals surface area contributed by atoms with Crippen LogP contribution >= 0.6 is 0 Å². The number of halogens is 2. The van der Waals surface area contributed by atoms with E-state index in [2.05, 4.69) is 27.2 Å². The van der Waals surface area contributed by atoms with Crippen molar-refractivity contribution in [1.29, 1.82) is 0 Å². The van der Waals surface area contributed by atoms with Gasteiger partial charge in [-0.25, -0.2) is 13.8 Å². The lowest BCUT2D eigenvalue weighted by atomic mass is 10.0. The highest BCUT2D eigenvalue weighted by atomic mass is 19.1. The van der Waals surface area contributed by atoms with Gasteiger partial charge in [0.15, 0.2) is 28.9 Å². The molecule has 0 saturated carbocycles. The summed E-state index contributed by atoms with van der Waals surface area (Å²) >= 11 is 0. The first-order chi connectivity index (χ1) is 16.9. The number of carbonyl (C=O) groups is 2. The Morgan fingerprint density at radius 2 is 1.89 bits per heavy atom. The number of aromatic nitrogens is 2. The Morgan fingerprint density at radius 3 is 2.54 bits per heavy atom. The van der Waals surface area contributed by atoms with E-state index in [0.717, 1.165) is 6.07 Å². The zero-order chi connectivity index (χ0) is 25.1. The van der Waals surface area contributed by atoms with E-state index in [4.69, 9.17) is 18.6 Å². The van der Waals surface area contributed by atoms with Crippen molar-refractivity contribution >= 4 is 28.7 Å². The number of furan rings is 1. The predicted octanol–water partition coefficient (Wildman–Crippen LogP) is 2.62. The number of methoxy groups -OCH3 is 2. The smallest absolute Gasteiger partial charge is 0.243 e. The molecular weight excluding hydrogens is 466 g/mol. The lowest BCUT2D eigenvalue weighted by Gasteiger charge is -2.32. The molecule has 3 aromatic rings. The van der Waals surface area contributed by atoms with Crippen molar-refractivity contribution < 1.29 is 37.0 Å². The third-order valence-electron chi connectivity index (χ3n) is 5.48. The fraction of sp³-hybridized carbons (Fsp3) is 0.304. The normalized spacial score (nSPS) is 17.6. The number of hydrogen-bond acceptors (Lipinski definition) is 9. The predicted molar refractivity (Wildman–Crippen MR) is 120 cm³/mol. The minimum absolute atomic E-state index is 0.0185. The van der Waals surface area contributed by atoms with E-state index in [-0.39, 0.29) is 46.9 Å². The first-order valence-corrected chi connectivity index (χ1v) is 10.5. The van der Waals surface area contributed by atoms with Crippen LogP contribution in [0.5, 0.6) is 11.5 Å². The summed E-state index contributed by atoms with van der Waals surface area (Å²) in [4.78, 5) is 33.1. The second-order valence-electron chi connectivity index (χ2n) is 7.61. The lowest BCUT2D eigenvalue weighted by Crippen LogP contribution is -2.52. The van der Waals surface area contributed by atoms with Crippen LogP contribution < -0.4 is 20.1 Å². The minimum Gasteiger partial charge on any atom is -0.494 e. The van der Waals surface area contributed by atoms with Gasteiger partial charge in [-0.15, -0.1) is 0 Å². The third kappa shape index (κ3) is 4.78. The maximum Gasteiger partial charge on any atom is 0.243 e. The maximum absolute atomic E-state index is 14.8. The Kier molecular flexibility index (Phi) is 6.92. The number of ketones is 1. The zero-order valence-electron chi connectivity index (χ0n) is 18.9. The van der Waals surface area contributed by atoms with E-state index in [9.17, 15) is 18.4 Å². The molecule has 3 heterocycles. The molecule has 2 N–H and O–H groups in total. The molecule has 184 valence electrons. The highest BCUT2D eigenvalue weighted by Gasteiger charge is 2.30. The summed E-state index contributed by atoms with van der Waals surface area (Å²) in [6.45, 7) is 4.22. The highest BCUT2D eigenvalue weighted by Crippen LogP contribution is 2.33. The second-order valence-corrected chi connectivity index (χ2v) is 7.61. The van der Waals surface area contributed by atoms with Crippen LogP contribution in [0.3, 0.4) is 0 Å². The first-order valence-electron chi connectivity index (χ1n) is 10.5. The number of rotatable bonds is 8. The van der Waals surface area contributed by atoms with Crippen molar-refractivity contribution in [3.63, 3.8) is 0 Å². The highest BCUT2D eigenvalue weighted by molar-refractivity contribution is 6.09. The number of amides is 1. The minimum atomic E-state index is -1.19. The fourth-order valence-electron chi connectivity index (χ4n) is 3.68. The average Bonchev–Trinajstić information content (AvgIpc) is 3.29. The van der Waals surface area contributed by atoms with Crippen LogP contribution in [0.1, 0.15) is 22.5 Å². The van der Waals surface area contributed by atoms with Crippen LogP contribution in [0.2, 0.25) is 0 Å². The van der Waals surface area contributed by atoms with Gasteiger partial charge in [-0.05, 0) is 18.6 Å². The molecule has 0 spiro atoms.